The highest BCUT2D eigenvalue weighted by atomic mass is 14.3. The van der Waals surface area contributed by atoms with E-state index in [1.54, 1.807) is 0 Å². The molecule has 2 rings (SSSR count). The second kappa shape index (κ2) is 4.82. The summed E-state index contributed by atoms with van der Waals surface area (Å²) in [7, 11) is 0. The van der Waals surface area contributed by atoms with Crippen molar-refractivity contribution in [1.82, 2.24) is 0 Å². The molecule has 0 aliphatic heterocycles. The number of benzene rings is 1. The minimum atomic E-state index is 0.193. The first-order chi connectivity index (χ1) is 8.50. The second-order valence-electron chi connectivity index (χ2n) is 5.85. The van der Waals surface area contributed by atoms with E-state index in [1.807, 2.05) is 6.08 Å². The minimum Gasteiger partial charge on any atom is -0.192 e. The largest absolute Gasteiger partial charge is 0.192 e. The zero-order chi connectivity index (χ0) is 13.2. The van der Waals surface area contributed by atoms with Crippen LogP contribution in [0.25, 0.3) is 0 Å². The van der Waals surface area contributed by atoms with Gasteiger partial charge in [-0.3, -0.25) is 0 Å². The predicted octanol–water partition coefficient (Wildman–Crippen LogP) is 4.48. The standard InChI is InChI=1S/C17H19N/c1-17(2,3)16-9-7-14(8-10-16)15-6-4-5-13(11-15)12-18/h4-5,7-11,15H,6H2,1-3H3. The summed E-state index contributed by atoms with van der Waals surface area (Å²) in [6, 6.07) is 11.0. The quantitative estimate of drug-likeness (QED) is 0.706. The minimum absolute atomic E-state index is 0.193. The maximum absolute atomic E-state index is 8.94. The Bertz CT molecular complexity index is 518. The fourth-order valence-corrected chi connectivity index (χ4v) is 2.22. The molecular weight excluding hydrogens is 218 g/mol. The van der Waals surface area contributed by atoms with Crippen LogP contribution in [0.5, 0.6) is 0 Å². The number of nitrogens with zero attached hydrogens (tertiary/aromatic N) is 1. The fraction of sp³-hybridized carbons (Fsp3) is 0.353. The monoisotopic (exact) mass is 237 g/mol. The van der Waals surface area contributed by atoms with Gasteiger partial charge in [-0.15, -0.1) is 0 Å². The van der Waals surface area contributed by atoms with E-state index in [0.29, 0.717) is 5.92 Å². The van der Waals surface area contributed by atoms with Crippen LogP contribution in [0.15, 0.2) is 48.1 Å². The van der Waals surface area contributed by atoms with E-state index in [-0.39, 0.29) is 5.41 Å². The van der Waals surface area contributed by atoms with E-state index in [0.717, 1.165) is 12.0 Å². The van der Waals surface area contributed by atoms with E-state index in [9.17, 15) is 0 Å². The number of rotatable bonds is 1. The second-order valence-corrected chi connectivity index (χ2v) is 5.85. The SMILES string of the molecule is CC(C)(C)c1ccc(C2C=C(C#N)C=CC2)cc1. The van der Waals surface area contributed by atoms with Crippen LogP contribution in [0.3, 0.4) is 0 Å². The molecule has 1 aliphatic rings. The van der Waals surface area contributed by atoms with Crippen molar-refractivity contribution in [2.45, 2.75) is 38.5 Å². The maximum atomic E-state index is 8.94. The lowest BCUT2D eigenvalue weighted by Crippen LogP contribution is -2.11. The van der Waals surface area contributed by atoms with Crippen molar-refractivity contribution in [2.75, 3.05) is 0 Å². The van der Waals surface area contributed by atoms with Gasteiger partial charge in [0.25, 0.3) is 0 Å². The first-order valence-electron chi connectivity index (χ1n) is 6.39. The highest BCUT2D eigenvalue weighted by molar-refractivity contribution is 5.41. The molecule has 0 fully saturated rings. The number of nitriles is 1. The molecule has 1 nitrogen and oxygen atoms in total. The average molecular weight is 237 g/mol. The Morgan fingerprint density at radius 2 is 1.83 bits per heavy atom. The molecule has 0 spiro atoms. The highest BCUT2D eigenvalue weighted by Gasteiger charge is 2.15. The molecule has 1 aliphatic carbocycles. The number of hydrogen-bond acceptors (Lipinski definition) is 1. The van der Waals surface area contributed by atoms with Gasteiger partial charge in [0, 0.05) is 11.5 Å². The molecule has 0 bridgehead atoms. The fourth-order valence-electron chi connectivity index (χ4n) is 2.22. The van der Waals surface area contributed by atoms with Gasteiger partial charge in [0.15, 0.2) is 0 Å². The van der Waals surface area contributed by atoms with Gasteiger partial charge in [0.1, 0.15) is 0 Å². The van der Waals surface area contributed by atoms with Crippen LogP contribution < -0.4 is 0 Å². The summed E-state index contributed by atoms with van der Waals surface area (Å²) in [5.41, 5.74) is 3.60. The molecule has 18 heavy (non-hydrogen) atoms. The molecule has 0 saturated carbocycles. The summed E-state index contributed by atoms with van der Waals surface area (Å²) < 4.78 is 0. The normalized spacial score (nSPS) is 19.2. The zero-order valence-electron chi connectivity index (χ0n) is 11.3. The van der Waals surface area contributed by atoms with E-state index >= 15 is 0 Å². The third-order valence-corrected chi connectivity index (χ3v) is 3.40. The Kier molecular flexibility index (Phi) is 3.39. The van der Waals surface area contributed by atoms with E-state index in [1.165, 1.54) is 11.1 Å². The molecule has 92 valence electrons. The lowest BCUT2D eigenvalue weighted by Gasteiger charge is -2.21. The van der Waals surface area contributed by atoms with Crippen LogP contribution in [0.4, 0.5) is 0 Å². The summed E-state index contributed by atoms with van der Waals surface area (Å²) in [6.45, 7) is 6.66. The van der Waals surface area contributed by atoms with Gasteiger partial charge < -0.3 is 0 Å². The third kappa shape index (κ3) is 2.71. The summed E-state index contributed by atoms with van der Waals surface area (Å²) in [6.07, 6.45) is 7.03. The first-order valence-corrected chi connectivity index (χ1v) is 6.39. The number of allylic oxidation sites excluding steroid dienone is 4. The van der Waals surface area contributed by atoms with E-state index in [4.69, 9.17) is 5.26 Å². The van der Waals surface area contributed by atoms with Crippen molar-refractivity contribution in [2.24, 2.45) is 0 Å². The lowest BCUT2D eigenvalue weighted by molar-refractivity contribution is 0.589. The molecule has 0 saturated heterocycles. The van der Waals surface area contributed by atoms with Crippen molar-refractivity contribution < 1.29 is 0 Å². The topological polar surface area (TPSA) is 23.8 Å². The Labute approximate surface area is 109 Å². The number of hydrogen-bond donors (Lipinski definition) is 0. The molecular formula is C17H19N. The van der Waals surface area contributed by atoms with Gasteiger partial charge >= 0.3 is 0 Å². The molecule has 0 aromatic heterocycles. The Balaban J connectivity index is 2.24. The lowest BCUT2D eigenvalue weighted by atomic mass is 9.84. The van der Waals surface area contributed by atoms with Crippen molar-refractivity contribution in [3.8, 4) is 6.07 Å². The predicted molar refractivity (Wildman–Crippen MR) is 75.3 cm³/mol. The van der Waals surface area contributed by atoms with Crippen LogP contribution >= 0.6 is 0 Å². The smallest absolute Gasteiger partial charge is 0.0988 e. The Morgan fingerprint density at radius 1 is 1.17 bits per heavy atom. The van der Waals surface area contributed by atoms with E-state index < -0.39 is 0 Å². The molecule has 1 aromatic rings. The molecule has 0 radical (unpaired) electrons. The van der Waals surface area contributed by atoms with Crippen LogP contribution in [0.2, 0.25) is 0 Å². The molecule has 0 heterocycles. The Morgan fingerprint density at radius 3 is 2.39 bits per heavy atom. The summed E-state index contributed by atoms with van der Waals surface area (Å²) in [5, 5.41) is 8.94. The van der Waals surface area contributed by atoms with Gasteiger partial charge in [-0.1, -0.05) is 57.2 Å². The molecule has 1 heteroatoms. The molecule has 1 aromatic carbocycles. The van der Waals surface area contributed by atoms with Crippen molar-refractivity contribution in [1.29, 1.82) is 5.26 Å². The average Bonchev–Trinajstić information content (AvgIpc) is 2.38. The summed E-state index contributed by atoms with van der Waals surface area (Å²) in [4.78, 5) is 0. The molecule has 1 unspecified atom stereocenters. The van der Waals surface area contributed by atoms with Gasteiger partial charge in [-0.05, 0) is 29.0 Å². The van der Waals surface area contributed by atoms with Gasteiger partial charge in [-0.25, -0.2) is 0 Å². The van der Waals surface area contributed by atoms with Crippen LogP contribution in [0.1, 0.15) is 44.2 Å². The molecule has 0 amide bonds. The van der Waals surface area contributed by atoms with E-state index in [2.05, 4.69) is 63.3 Å². The van der Waals surface area contributed by atoms with Gasteiger partial charge in [-0.2, -0.15) is 5.26 Å². The highest BCUT2D eigenvalue weighted by Crippen LogP contribution is 2.29. The first kappa shape index (κ1) is 12.6. The Hall–Kier alpha value is -1.81. The van der Waals surface area contributed by atoms with Crippen LogP contribution in [-0.4, -0.2) is 0 Å². The zero-order valence-corrected chi connectivity index (χ0v) is 11.3. The van der Waals surface area contributed by atoms with Crippen molar-refractivity contribution in [3.63, 3.8) is 0 Å². The van der Waals surface area contributed by atoms with Crippen molar-refractivity contribution in [3.05, 3.63) is 59.2 Å². The summed E-state index contributed by atoms with van der Waals surface area (Å²) in [5.74, 6) is 0.346. The maximum Gasteiger partial charge on any atom is 0.0988 e. The van der Waals surface area contributed by atoms with Gasteiger partial charge in [0.05, 0.1) is 6.07 Å². The van der Waals surface area contributed by atoms with Gasteiger partial charge in [0.2, 0.25) is 0 Å². The molecule has 1 atom stereocenters. The van der Waals surface area contributed by atoms with Crippen LogP contribution in [0, 0.1) is 11.3 Å². The van der Waals surface area contributed by atoms with Crippen LogP contribution in [-0.2, 0) is 5.41 Å². The molecule has 0 N–H and O–H groups in total. The summed E-state index contributed by atoms with van der Waals surface area (Å²) >= 11 is 0. The van der Waals surface area contributed by atoms with Crippen molar-refractivity contribution >= 4 is 0 Å². The third-order valence-electron chi connectivity index (χ3n) is 3.40.